The van der Waals surface area contributed by atoms with Gasteiger partial charge in [-0.1, -0.05) is 0 Å². The number of carbonyl (C=O) groups is 2. The van der Waals surface area contributed by atoms with Crippen LogP contribution in [0.3, 0.4) is 0 Å². The summed E-state index contributed by atoms with van der Waals surface area (Å²) in [5.74, 6) is -1.16. The Kier molecular flexibility index (Phi) is 4.90. The van der Waals surface area contributed by atoms with Crippen LogP contribution in [0, 0.1) is 12.1 Å². The van der Waals surface area contributed by atoms with E-state index in [-0.39, 0.29) is 11.4 Å². The second-order valence-corrected chi connectivity index (χ2v) is 3.84. The van der Waals surface area contributed by atoms with E-state index in [2.05, 4.69) is 27.7 Å². The van der Waals surface area contributed by atoms with Crippen molar-refractivity contribution in [3.8, 4) is 0 Å². The number of aryl methyl sites for hydroxylation is 1. The van der Waals surface area contributed by atoms with E-state index in [9.17, 15) is 14.8 Å². The first-order valence-electron chi connectivity index (χ1n) is 5.05. The smallest absolute Gasteiger partial charge is 0.329 e. The van der Waals surface area contributed by atoms with Crippen LogP contribution >= 0.6 is 12.6 Å². The average Bonchev–Trinajstić information content (AvgIpc) is 2.37. The van der Waals surface area contributed by atoms with Gasteiger partial charge in [0.15, 0.2) is 5.69 Å². The molecule has 0 saturated carbocycles. The second-order valence-electron chi connectivity index (χ2n) is 3.47. The molecule has 1 aromatic heterocycles. The van der Waals surface area contributed by atoms with Crippen molar-refractivity contribution < 1.29 is 19.1 Å². The summed E-state index contributed by atoms with van der Waals surface area (Å²) in [5.41, 5.74) is 0.288. The molecule has 8 heteroatoms. The minimum atomic E-state index is -0.881. The largest absolute Gasteiger partial charge is 0.618 e. The zero-order chi connectivity index (χ0) is 13.7. The molecule has 0 aromatic carbocycles. The van der Waals surface area contributed by atoms with E-state index < -0.39 is 17.9 Å². The van der Waals surface area contributed by atoms with Gasteiger partial charge < -0.3 is 15.3 Å². The van der Waals surface area contributed by atoms with E-state index in [0.717, 1.165) is 6.20 Å². The van der Waals surface area contributed by atoms with Crippen LogP contribution in [0.4, 0.5) is 0 Å². The van der Waals surface area contributed by atoms with Crippen molar-refractivity contribution in [1.82, 2.24) is 10.3 Å². The molecule has 18 heavy (non-hydrogen) atoms. The highest BCUT2D eigenvalue weighted by atomic mass is 32.1. The molecule has 1 unspecified atom stereocenters. The lowest BCUT2D eigenvalue weighted by Crippen LogP contribution is -2.44. The van der Waals surface area contributed by atoms with Gasteiger partial charge in [-0.05, 0) is 0 Å². The standard InChI is InChI=1S/C10H13N3O4S/c1-6-3-11-7(4-13(6)16)9(14)12-8(5-18)10(15)17-2/h3-4,8,18H,5H2,1-2H3,(H,12,14). The van der Waals surface area contributed by atoms with Gasteiger partial charge in [0, 0.05) is 12.7 Å². The third-order valence-electron chi connectivity index (χ3n) is 2.18. The Hall–Kier alpha value is -1.83. The highest BCUT2D eigenvalue weighted by Crippen LogP contribution is 1.97. The summed E-state index contributed by atoms with van der Waals surface area (Å²) in [6, 6.07) is -0.881. The number of amides is 1. The van der Waals surface area contributed by atoms with Crippen LogP contribution in [0.15, 0.2) is 12.4 Å². The molecule has 0 bridgehead atoms. The van der Waals surface area contributed by atoms with E-state index in [4.69, 9.17) is 0 Å². The van der Waals surface area contributed by atoms with Gasteiger partial charge >= 0.3 is 5.97 Å². The summed E-state index contributed by atoms with van der Waals surface area (Å²) < 4.78 is 5.02. The van der Waals surface area contributed by atoms with Crippen molar-refractivity contribution in [2.75, 3.05) is 12.9 Å². The van der Waals surface area contributed by atoms with Crippen molar-refractivity contribution in [3.05, 3.63) is 29.0 Å². The van der Waals surface area contributed by atoms with Gasteiger partial charge in [0.1, 0.15) is 6.04 Å². The molecule has 0 fully saturated rings. The third-order valence-corrected chi connectivity index (χ3v) is 2.55. The Morgan fingerprint density at radius 3 is 2.83 bits per heavy atom. The number of hydrogen-bond acceptors (Lipinski definition) is 6. The first kappa shape index (κ1) is 14.2. The van der Waals surface area contributed by atoms with Gasteiger partial charge in [-0.2, -0.15) is 17.4 Å². The number of nitrogens with one attached hydrogen (secondary N) is 1. The molecule has 1 N–H and O–H groups in total. The van der Waals surface area contributed by atoms with Gasteiger partial charge in [-0.25, -0.2) is 9.78 Å². The van der Waals surface area contributed by atoms with Crippen molar-refractivity contribution in [3.63, 3.8) is 0 Å². The van der Waals surface area contributed by atoms with Crippen LogP contribution in [-0.2, 0) is 9.53 Å². The highest BCUT2D eigenvalue weighted by Gasteiger charge is 2.22. The zero-order valence-corrected chi connectivity index (χ0v) is 10.8. The first-order valence-corrected chi connectivity index (χ1v) is 5.68. The fourth-order valence-electron chi connectivity index (χ4n) is 1.14. The molecule has 0 saturated heterocycles. The van der Waals surface area contributed by atoms with Gasteiger partial charge in [0.05, 0.1) is 13.3 Å². The maximum Gasteiger partial charge on any atom is 0.329 e. The van der Waals surface area contributed by atoms with Crippen LogP contribution < -0.4 is 10.0 Å². The summed E-state index contributed by atoms with van der Waals surface area (Å²) >= 11 is 3.93. The number of ether oxygens (including phenoxy) is 1. The Morgan fingerprint density at radius 2 is 2.33 bits per heavy atom. The van der Waals surface area contributed by atoms with Crippen molar-refractivity contribution in [2.45, 2.75) is 13.0 Å². The molecule has 1 aromatic rings. The second kappa shape index (κ2) is 6.20. The minimum absolute atomic E-state index is 0.0775. The molecule has 98 valence electrons. The lowest BCUT2D eigenvalue weighted by molar-refractivity contribution is -0.613. The summed E-state index contributed by atoms with van der Waals surface area (Å²) in [7, 11) is 1.21. The Morgan fingerprint density at radius 1 is 1.67 bits per heavy atom. The molecular weight excluding hydrogens is 258 g/mol. The van der Waals surface area contributed by atoms with Gasteiger partial charge in [0.2, 0.25) is 11.9 Å². The third kappa shape index (κ3) is 3.33. The molecule has 1 rings (SSSR count). The van der Waals surface area contributed by atoms with E-state index >= 15 is 0 Å². The fraction of sp³-hybridized carbons (Fsp3) is 0.400. The van der Waals surface area contributed by atoms with Gasteiger partial charge in [0.25, 0.3) is 5.91 Å². The van der Waals surface area contributed by atoms with E-state index in [1.807, 2.05) is 0 Å². The molecular formula is C10H13N3O4S. The van der Waals surface area contributed by atoms with Crippen LogP contribution in [0.25, 0.3) is 0 Å². The van der Waals surface area contributed by atoms with E-state index in [1.165, 1.54) is 13.3 Å². The first-order chi connectivity index (χ1) is 8.49. The number of hydrogen-bond donors (Lipinski definition) is 2. The predicted octanol–water partition coefficient (Wildman–Crippen LogP) is -0.775. The van der Waals surface area contributed by atoms with Crippen LogP contribution in [0.5, 0.6) is 0 Å². The lowest BCUT2D eigenvalue weighted by atomic mass is 10.3. The molecule has 7 nitrogen and oxygen atoms in total. The maximum atomic E-state index is 11.7. The summed E-state index contributed by atoms with van der Waals surface area (Å²) in [5, 5.41) is 13.7. The fourth-order valence-corrected chi connectivity index (χ4v) is 1.38. The molecule has 0 aliphatic carbocycles. The normalized spacial score (nSPS) is 11.7. The summed E-state index contributed by atoms with van der Waals surface area (Å²) in [6.07, 6.45) is 2.31. The van der Waals surface area contributed by atoms with Gasteiger partial charge in [-0.3, -0.25) is 4.79 Å². The number of aromatic nitrogens is 2. The monoisotopic (exact) mass is 271 g/mol. The SMILES string of the molecule is COC(=O)C(CS)NC(=O)c1c[n+]([O-])c(C)cn1. The summed E-state index contributed by atoms with van der Waals surface area (Å²) in [6.45, 7) is 1.56. The maximum absolute atomic E-state index is 11.7. The Labute approximate surface area is 109 Å². The number of rotatable bonds is 4. The van der Waals surface area contributed by atoms with Crippen LogP contribution in [0.2, 0.25) is 0 Å². The molecule has 0 spiro atoms. The number of methoxy groups -OCH3 is 1. The quantitative estimate of drug-likeness (QED) is 0.324. The van der Waals surface area contributed by atoms with Crippen molar-refractivity contribution in [2.24, 2.45) is 0 Å². The Bertz CT molecular complexity index is 466. The minimum Gasteiger partial charge on any atom is -0.618 e. The van der Waals surface area contributed by atoms with Crippen LogP contribution in [0.1, 0.15) is 16.2 Å². The van der Waals surface area contributed by atoms with Crippen molar-refractivity contribution in [1.29, 1.82) is 0 Å². The molecule has 1 atom stereocenters. The van der Waals surface area contributed by atoms with Gasteiger partial charge in [-0.15, -0.1) is 0 Å². The lowest BCUT2D eigenvalue weighted by Gasteiger charge is -2.13. The number of esters is 1. The highest BCUT2D eigenvalue weighted by molar-refractivity contribution is 7.80. The predicted molar refractivity (Wildman–Crippen MR) is 65.1 cm³/mol. The number of nitrogens with zero attached hydrogens (tertiary/aromatic N) is 2. The molecule has 1 amide bonds. The van der Waals surface area contributed by atoms with E-state index in [1.54, 1.807) is 6.92 Å². The Balaban J connectivity index is 2.81. The topological polar surface area (TPSA) is 95.2 Å². The molecule has 0 radical (unpaired) electrons. The summed E-state index contributed by atoms with van der Waals surface area (Å²) in [4.78, 5) is 26.8. The number of thiol groups is 1. The molecule has 0 aliphatic heterocycles. The molecule has 1 heterocycles. The molecule has 0 aliphatic rings. The number of carbonyl (C=O) groups excluding carboxylic acids is 2. The zero-order valence-electron chi connectivity index (χ0n) is 9.91. The van der Waals surface area contributed by atoms with Crippen LogP contribution in [-0.4, -0.2) is 35.8 Å². The average molecular weight is 271 g/mol. The van der Waals surface area contributed by atoms with Crippen molar-refractivity contribution >= 4 is 24.5 Å². The van der Waals surface area contributed by atoms with E-state index in [0.29, 0.717) is 10.4 Å².